The molecule has 2 aromatic carbocycles. The molecule has 1 saturated carbocycles. The molecule has 0 saturated heterocycles. The number of hydrogen-bond donors (Lipinski definition) is 3. The molecule has 3 rings (SSSR count). The van der Waals surface area contributed by atoms with Gasteiger partial charge in [-0.15, -0.1) is 0 Å². The Bertz CT molecular complexity index is 843. The Morgan fingerprint density at radius 3 is 2.43 bits per heavy atom. The molecule has 0 aromatic heterocycles. The molecule has 30 heavy (non-hydrogen) atoms. The molecule has 0 bridgehead atoms. The van der Waals surface area contributed by atoms with Crippen LogP contribution in [0.1, 0.15) is 56.3 Å². The summed E-state index contributed by atoms with van der Waals surface area (Å²) in [6.07, 6.45) is 5.78. The molecule has 160 valence electrons. The number of carbonyl (C=O) groups is 2. The predicted octanol–water partition coefficient (Wildman–Crippen LogP) is 4.59. The lowest BCUT2D eigenvalue weighted by molar-refractivity contribution is -0.114. The normalized spacial score (nSPS) is 14.2. The molecular weight excluding hydrogens is 378 g/mol. The van der Waals surface area contributed by atoms with E-state index in [4.69, 9.17) is 4.74 Å². The molecule has 0 unspecified atom stereocenters. The third-order valence-corrected chi connectivity index (χ3v) is 5.03. The average molecular weight is 410 g/mol. The van der Waals surface area contributed by atoms with Gasteiger partial charge in [-0.3, -0.25) is 9.59 Å². The average Bonchev–Trinajstić information content (AvgIpc) is 2.74. The zero-order valence-electron chi connectivity index (χ0n) is 17.7. The molecule has 0 heterocycles. The van der Waals surface area contributed by atoms with Crippen LogP contribution in [-0.4, -0.2) is 30.5 Å². The van der Waals surface area contributed by atoms with Gasteiger partial charge in [0.2, 0.25) is 5.91 Å². The van der Waals surface area contributed by atoms with Gasteiger partial charge < -0.3 is 20.7 Å². The minimum Gasteiger partial charge on any atom is -0.491 e. The summed E-state index contributed by atoms with van der Waals surface area (Å²) in [5.41, 5.74) is 2.01. The summed E-state index contributed by atoms with van der Waals surface area (Å²) in [5.74, 6) is 0.533. The maximum Gasteiger partial charge on any atom is 0.251 e. The Hall–Kier alpha value is -3.02. The van der Waals surface area contributed by atoms with Gasteiger partial charge in [-0.1, -0.05) is 25.3 Å². The van der Waals surface area contributed by atoms with Crippen LogP contribution in [0.5, 0.6) is 5.75 Å². The Morgan fingerprint density at radius 2 is 1.73 bits per heavy atom. The van der Waals surface area contributed by atoms with Crippen LogP contribution >= 0.6 is 0 Å². The third kappa shape index (κ3) is 6.79. The van der Waals surface area contributed by atoms with Crippen molar-refractivity contribution in [1.29, 1.82) is 0 Å². The van der Waals surface area contributed by atoms with Crippen molar-refractivity contribution in [2.75, 3.05) is 17.2 Å². The number of benzene rings is 2. The maximum absolute atomic E-state index is 12.5. The van der Waals surface area contributed by atoms with Gasteiger partial charge in [0, 0.05) is 23.0 Å². The van der Waals surface area contributed by atoms with Gasteiger partial charge in [-0.2, -0.15) is 0 Å². The molecule has 2 amide bonds. The number of amides is 2. The van der Waals surface area contributed by atoms with Gasteiger partial charge in [0.15, 0.2) is 0 Å². The van der Waals surface area contributed by atoms with Crippen LogP contribution in [0.2, 0.25) is 0 Å². The summed E-state index contributed by atoms with van der Waals surface area (Å²) in [6.45, 7) is 4.08. The van der Waals surface area contributed by atoms with E-state index in [9.17, 15) is 9.59 Å². The second-order valence-electron chi connectivity index (χ2n) is 7.98. The van der Waals surface area contributed by atoms with E-state index < -0.39 is 0 Å². The number of nitrogens with one attached hydrogen (secondary N) is 3. The summed E-state index contributed by atoms with van der Waals surface area (Å²) in [7, 11) is 0. The fourth-order valence-corrected chi connectivity index (χ4v) is 3.56. The van der Waals surface area contributed by atoms with Crippen LogP contribution in [0.25, 0.3) is 0 Å². The standard InChI is InChI=1S/C24H31N3O3/c1-17(2)30-22-13-11-19(12-14-22)25-16-23(28)26-21-10-6-7-18(15-21)24(29)27-20-8-4-3-5-9-20/h6-7,10-15,17,20,25H,3-5,8-9,16H2,1-2H3,(H,26,28)(H,27,29). The van der Waals surface area contributed by atoms with Crippen molar-refractivity contribution in [3.8, 4) is 5.75 Å². The van der Waals surface area contributed by atoms with Crippen molar-refractivity contribution in [2.45, 2.75) is 58.1 Å². The number of ether oxygens (including phenoxy) is 1. The summed E-state index contributed by atoms with van der Waals surface area (Å²) < 4.78 is 5.61. The predicted molar refractivity (Wildman–Crippen MR) is 120 cm³/mol. The van der Waals surface area contributed by atoms with E-state index in [-0.39, 0.29) is 30.5 Å². The zero-order chi connectivity index (χ0) is 21.3. The molecule has 1 aliphatic rings. The van der Waals surface area contributed by atoms with Crippen LogP contribution in [-0.2, 0) is 4.79 Å². The third-order valence-electron chi connectivity index (χ3n) is 5.03. The van der Waals surface area contributed by atoms with Gasteiger partial charge in [0.1, 0.15) is 5.75 Å². The van der Waals surface area contributed by atoms with Crippen LogP contribution in [0.15, 0.2) is 48.5 Å². The molecular formula is C24H31N3O3. The fraction of sp³-hybridized carbons (Fsp3) is 0.417. The summed E-state index contributed by atoms with van der Waals surface area (Å²) in [5, 5.41) is 9.04. The largest absolute Gasteiger partial charge is 0.491 e. The van der Waals surface area contributed by atoms with Gasteiger partial charge in [-0.25, -0.2) is 0 Å². The monoisotopic (exact) mass is 409 g/mol. The highest BCUT2D eigenvalue weighted by Crippen LogP contribution is 2.19. The minimum atomic E-state index is -0.178. The molecule has 0 aliphatic heterocycles. The molecule has 6 heteroatoms. The molecule has 3 N–H and O–H groups in total. The Morgan fingerprint density at radius 1 is 1.00 bits per heavy atom. The first-order chi connectivity index (χ1) is 14.5. The molecule has 2 aromatic rings. The summed E-state index contributed by atoms with van der Waals surface area (Å²) >= 11 is 0. The highest BCUT2D eigenvalue weighted by Gasteiger charge is 2.17. The lowest BCUT2D eigenvalue weighted by Crippen LogP contribution is -2.36. The number of rotatable bonds is 8. The highest BCUT2D eigenvalue weighted by atomic mass is 16.5. The van der Waals surface area contributed by atoms with E-state index in [2.05, 4.69) is 16.0 Å². The van der Waals surface area contributed by atoms with Crippen molar-refractivity contribution >= 4 is 23.2 Å². The van der Waals surface area contributed by atoms with Gasteiger partial charge in [0.05, 0.1) is 12.6 Å². The summed E-state index contributed by atoms with van der Waals surface area (Å²) in [4.78, 5) is 24.8. The van der Waals surface area contributed by atoms with E-state index in [0.29, 0.717) is 11.3 Å². The highest BCUT2D eigenvalue weighted by molar-refractivity contribution is 5.98. The lowest BCUT2D eigenvalue weighted by atomic mass is 9.95. The minimum absolute atomic E-state index is 0.0835. The molecule has 6 nitrogen and oxygen atoms in total. The van der Waals surface area contributed by atoms with E-state index in [0.717, 1.165) is 24.3 Å². The number of hydrogen-bond acceptors (Lipinski definition) is 4. The number of carbonyl (C=O) groups excluding carboxylic acids is 2. The molecule has 0 radical (unpaired) electrons. The van der Waals surface area contributed by atoms with Crippen LogP contribution in [0.3, 0.4) is 0 Å². The van der Waals surface area contributed by atoms with Crippen LogP contribution in [0.4, 0.5) is 11.4 Å². The number of anilines is 2. The van der Waals surface area contributed by atoms with Crippen molar-refractivity contribution < 1.29 is 14.3 Å². The first-order valence-electron chi connectivity index (χ1n) is 10.7. The van der Waals surface area contributed by atoms with Crippen LogP contribution < -0.4 is 20.7 Å². The van der Waals surface area contributed by atoms with Crippen molar-refractivity contribution in [3.05, 3.63) is 54.1 Å². The second kappa shape index (κ2) is 10.7. The molecule has 1 aliphatic carbocycles. The first kappa shape index (κ1) is 21.7. The summed E-state index contributed by atoms with van der Waals surface area (Å²) in [6, 6.07) is 14.8. The van der Waals surface area contributed by atoms with E-state index in [1.54, 1.807) is 24.3 Å². The zero-order valence-corrected chi connectivity index (χ0v) is 17.7. The van der Waals surface area contributed by atoms with Crippen molar-refractivity contribution in [1.82, 2.24) is 5.32 Å². The Labute approximate surface area is 178 Å². The Balaban J connectivity index is 1.49. The van der Waals surface area contributed by atoms with E-state index >= 15 is 0 Å². The Kier molecular flexibility index (Phi) is 7.71. The SMILES string of the molecule is CC(C)Oc1ccc(NCC(=O)Nc2cccc(C(=O)NC3CCCCC3)c2)cc1. The quantitative estimate of drug-likeness (QED) is 0.596. The molecule has 0 atom stereocenters. The lowest BCUT2D eigenvalue weighted by Gasteiger charge is -2.22. The fourth-order valence-electron chi connectivity index (χ4n) is 3.56. The van der Waals surface area contributed by atoms with Crippen LogP contribution in [0, 0.1) is 0 Å². The second-order valence-corrected chi connectivity index (χ2v) is 7.98. The maximum atomic E-state index is 12.5. The van der Waals surface area contributed by atoms with Crippen molar-refractivity contribution in [2.24, 2.45) is 0 Å². The topological polar surface area (TPSA) is 79.5 Å². The smallest absolute Gasteiger partial charge is 0.251 e. The van der Waals surface area contributed by atoms with Gasteiger partial charge >= 0.3 is 0 Å². The molecule has 0 spiro atoms. The van der Waals surface area contributed by atoms with Gasteiger partial charge in [-0.05, 0) is 69.2 Å². The van der Waals surface area contributed by atoms with E-state index in [1.807, 2.05) is 38.1 Å². The van der Waals surface area contributed by atoms with E-state index in [1.165, 1.54) is 19.3 Å². The first-order valence-corrected chi connectivity index (χ1v) is 10.7. The van der Waals surface area contributed by atoms with Crippen molar-refractivity contribution in [3.63, 3.8) is 0 Å². The van der Waals surface area contributed by atoms with Gasteiger partial charge in [0.25, 0.3) is 5.91 Å². The molecule has 1 fully saturated rings.